The van der Waals surface area contributed by atoms with Crippen LogP contribution in [0.25, 0.3) is 5.65 Å². The molecule has 1 atom stereocenters. The first-order chi connectivity index (χ1) is 9.64. The van der Waals surface area contributed by atoms with Crippen molar-refractivity contribution in [2.45, 2.75) is 38.6 Å². The van der Waals surface area contributed by atoms with E-state index in [1.54, 1.807) is 0 Å². The Kier molecular flexibility index (Phi) is 3.23. The number of aromatic nitrogens is 2. The number of hydrogen-bond donors (Lipinski definition) is 0. The van der Waals surface area contributed by atoms with E-state index in [4.69, 9.17) is 0 Å². The Morgan fingerprint density at radius 1 is 1.35 bits per heavy atom. The van der Waals surface area contributed by atoms with E-state index in [-0.39, 0.29) is 0 Å². The Balaban J connectivity index is 1.99. The van der Waals surface area contributed by atoms with E-state index in [1.165, 1.54) is 12.8 Å². The lowest BCUT2D eigenvalue weighted by Crippen LogP contribution is -2.45. The Bertz CT molecular complexity index is 661. The van der Waals surface area contributed by atoms with Crippen molar-refractivity contribution in [3.63, 3.8) is 0 Å². The molecule has 1 aliphatic heterocycles. The molecule has 20 heavy (non-hydrogen) atoms. The summed E-state index contributed by atoms with van der Waals surface area (Å²) in [6.45, 7) is 6.14. The van der Waals surface area contributed by atoms with Crippen molar-refractivity contribution in [2.75, 3.05) is 13.1 Å². The molecule has 4 nitrogen and oxygen atoms in total. The number of nitrogens with zero attached hydrogens (tertiary/aromatic N) is 4. The zero-order chi connectivity index (χ0) is 14.2. The minimum absolute atomic E-state index is 0.437. The van der Waals surface area contributed by atoms with Crippen molar-refractivity contribution in [1.82, 2.24) is 14.3 Å². The smallest absolute Gasteiger partial charge is 0.137 e. The molecule has 0 aliphatic carbocycles. The Morgan fingerprint density at radius 3 is 2.80 bits per heavy atom. The average Bonchev–Trinajstić information content (AvgIpc) is 3.08. The first kappa shape index (κ1) is 13.1. The van der Waals surface area contributed by atoms with Crippen LogP contribution in [0, 0.1) is 18.3 Å². The second-order valence-corrected chi connectivity index (χ2v) is 5.83. The third-order valence-electron chi connectivity index (χ3n) is 4.39. The second-order valence-electron chi connectivity index (χ2n) is 5.83. The summed E-state index contributed by atoms with van der Waals surface area (Å²) < 4.78 is 2.11. The zero-order valence-corrected chi connectivity index (χ0v) is 12.1. The fourth-order valence-electron chi connectivity index (χ4n) is 3.14. The van der Waals surface area contributed by atoms with Gasteiger partial charge < -0.3 is 4.40 Å². The minimum atomic E-state index is -0.437. The third kappa shape index (κ3) is 2.08. The van der Waals surface area contributed by atoms with E-state index in [0.29, 0.717) is 0 Å². The van der Waals surface area contributed by atoms with Crippen LogP contribution in [0.2, 0.25) is 0 Å². The highest BCUT2D eigenvalue weighted by molar-refractivity contribution is 5.43. The lowest BCUT2D eigenvalue weighted by molar-refractivity contribution is 0.190. The largest absolute Gasteiger partial charge is 0.304 e. The predicted molar refractivity (Wildman–Crippen MR) is 78.5 cm³/mol. The van der Waals surface area contributed by atoms with Gasteiger partial charge in [-0.3, -0.25) is 4.90 Å². The Morgan fingerprint density at radius 2 is 2.10 bits per heavy atom. The van der Waals surface area contributed by atoms with Gasteiger partial charge in [-0.1, -0.05) is 6.07 Å². The number of rotatable bonds is 3. The molecule has 4 heteroatoms. The van der Waals surface area contributed by atoms with E-state index >= 15 is 0 Å². The van der Waals surface area contributed by atoms with Gasteiger partial charge >= 0.3 is 0 Å². The molecule has 0 radical (unpaired) electrons. The summed E-state index contributed by atoms with van der Waals surface area (Å²) in [7, 11) is 0. The SMILES string of the molecule is Cc1nc2ccccn2c1CC(C)(C#N)N1CCCC1. The lowest BCUT2D eigenvalue weighted by atomic mass is 9.94. The topological polar surface area (TPSA) is 44.3 Å². The summed E-state index contributed by atoms with van der Waals surface area (Å²) in [6, 6.07) is 8.55. The molecule has 1 fully saturated rings. The molecule has 1 saturated heterocycles. The molecule has 3 heterocycles. The van der Waals surface area contributed by atoms with Crippen molar-refractivity contribution in [3.05, 3.63) is 35.8 Å². The van der Waals surface area contributed by atoms with Gasteiger partial charge in [-0.2, -0.15) is 5.26 Å². The molecule has 3 rings (SSSR count). The van der Waals surface area contributed by atoms with Crippen LogP contribution in [0.1, 0.15) is 31.2 Å². The number of fused-ring (bicyclic) bond motifs is 1. The number of likely N-dealkylation sites (tertiary alicyclic amines) is 1. The van der Waals surface area contributed by atoms with E-state index in [0.717, 1.165) is 36.5 Å². The van der Waals surface area contributed by atoms with Crippen LogP contribution in [0.15, 0.2) is 24.4 Å². The van der Waals surface area contributed by atoms with E-state index < -0.39 is 5.54 Å². The summed E-state index contributed by atoms with van der Waals surface area (Å²) in [6.07, 6.45) is 5.15. The maximum Gasteiger partial charge on any atom is 0.137 e. The van der Waals surface area contributed by atoms with Crippen LogP contribution < -0.4 is 0 Å². The van der Waals surface area contributed by atoms with Gasteiger partial charge in [0.1, 0.15) is 11.2 Å². The van der Waals surface area contributed by atoms with Gasteiger partial charge in [0, 0.05) is 18.3 Å². The van der Waals surface area contributed by atoms with Crippen molar-refractivity contribution < 1.29 is 0 Å². The first-order valence-corrected chi connectivity index (χ1v) is 7.23. The summed E-state index contributed by atoms with van der Waals surface area (Å²) >= 11 is 0. The molecule has 0 aromatic carbocycles. The third-order valence-corrected chi connectivity index (χ3v) is 4.39. The molecular formula is C16H20N4. The van der Waals surface area contributed by atoms with Crippen LogP contribution in [-0.4, -0.2) is 32.9 Å². The first-order valence-electron chi connectivity index (χ1n) is 7.23. The van der Waals surface area contributed by atoms with Gasteiger partial charge in [-0.05, 0) is 51.9 Å². The zero-order valence-electron chi connectivity index (χ0n) is 12.1. The standard InChI is InChI=1S/C16H20N4/c1-13-14(20-10-4-3-7-15(20)18-13)11-16(2,12-17)19-8-5-6-9-19/h3-4,7,10H,5-6,8-9,11H2,1-2H3. The molecule has 0 N–H and O–H groups in total. The highest BCUT2D eigenvalue weighted by atomic mass is 15.2. The average molecular weight is 268 g/mol. The van der Waals surface area contributed by atoms with Crippen molar-refractivity contribution in [1.29, 1.82) is 5.26 Å². The maximum atomic E-state index is 9.69. The summed E-state index contributed by atoms with van der Waals surface area (Å²) in [5.74, 6) is 0. The molecule has 0 bridgehead atoms. The van der Waals surface area contributed by atoms with E-state index in [2.05, 4.69) is 27.3 Å². The molecule has 0 amide bonds. The fourth-order valence-corrected chi connectivity index (χ4v) is 3.14. The van der Waals surface area contributed by atoms with Gasteiger partial charge in [0.2, 0.25) is 0 Å². The number of nitriles is 1. The molecule has 2 aromatic rings. The maximum absolute atomic E-state index is 9.69. The Hall–Kier alpha value is -1.86. The highest BCUT2D eigenvalue weighted by Crippen LogP contribution is 2.26. The fraction of sp³-hybridized carbons (Fsp3) is 0.500. The molecule has 0 saturated carbocycles. The van der Waals surface area contributed by atoms with Crippen molar-refractivity contribution in [2.24, 2.45) is 0 Å². The minimum Gasteiger partial charge on any atom is -0.304 e. The second kappa shape index (κ2) is 4.92. The summed E-state index contributed by atoms with van der Waals surface area (Å²) in [4.78, 5) is 6.91. The van der Waals surface area contributed by atoms with Gasteiger partial charge in [0.15, 0.2) is 0 Å². The number of aryl methyl sites for hydroxylation is 1. The number of imidazole rings is 1. The van der Waals surface area contributed by atoms with Gasteiger partial charge in [0.05, 0.1) is 11.8 Å². The summed E-state index contributed by atoms with van der Waals surface area (Å²) in [5, 5.41) is 9.69. The van der Waals surface area contributed by atoms with Crippen LogP contribution in [0.4, 0.5) is 0 Å². The van der Waals surface area contributed by atoms with Crippen molar-refractivity contribution >= 4 is 5.65 Å². The number of hydrogen-bond acceptors (Lipinski definition) is 3. The summed E-state index contributed by atoms with van der Waals surface area (Å²) in [5.41, 5.74) is 2.70. The molecule has 0 spiro atoms. The van der Waals surface area contributed by atoms with Gasteiger partial charge in [0.25, 0.3) is 0 Å². The van der Waals surface area contributed by atoms with Crippen molar-refractivity contribution in [3.8, 4) is 6.07 Å². The number of pyridine rings is 1. The normalized spacial score (nSPS) is 19.1. The molecule has 104 valence electrons. The highest BCUT2D eigenvalue weighted by Gasteiger charge is 2.35. The lowest BCUT2D eigenvalue weighted by Gasteiger charge is -2.32. The molecular weight excluding hydrogens is 248 g/mol. The molecule has 1 unspecified atom stereocenters. The van der Waals surface area contributed by atoms with Gasteiger partial charge in [-0.25, -0.2) is 4.98 Å². The quantitative estimate of drug-likeness (QED) is 0.859. The van der Waals surface area contributed by atoms with E-state index in [1.807, 2.05) is 31.3 Å². The Labute approximate surface area is 119 Å². The van der Waals surface area contributed by atoms with Gasteiger partial charge in [-0.15, -0.1) is 0 Å². The predicted octanol–water partition coefficient (Wildman–Crippen LogP) is 2.56. The van der Waals surface area contributed by atoms with Crippen LogP contribution in [0.5, 0.6) is 0 Å². The molecule has 1 aliphatic rings. The van der Waals surface area contributed by atoms with Crippen LogP contribution in [0.3, 0.4) is 0 Å². The molecule has 2 aromatic heterocycles. The van der Waals surface area contributed by atoms with E-state index in [9.17, 15) is 5.26 Å². The monoisotopic (exact) mass is 268 g/mol. The van der Waals surface area contributed by atoms with Crippen LogP contribution in [-0.2, 0) is 6.42 Å². The van der Waals surface area contributed by atoms with Crippen LogP contribution >= 0.6 is 0 Å².